The number of hydrogen-bond acceptors (Lipinski definition) is 4. The van der Waals surface area contributed by atoms with Crippen LogP contribution in [0.2, 0.25) is 0 Å². The molecule has 1 amide bonds. The van der Waals surface area contributed by atoms with Crippen LogP contribution in [-0.2, 0) is 9.47 Å². The number of rotatable bonds is 4. The lowest BCUT2D eigenvalue weighted by Gasteiger charge is -2.23. The molecule has 5 nitrogen and oxygen atoms in total. The molecule has 0 aromatic heterocycles. The standard InChI is InChI=1S/C9H17NO4S/c1-9(2)13-4-7(14-9)6(5-15-3)10-8(11)12/h6-7,10H,4-5H2,1-3H3,(H,11,12)/t6-,7-/m1/s1. The first kappa shape index (κ1) is 12.6. The van der Waals surface area contributed by atoms with Gasteiger partial charge in [-0.3, -0.25) is 0 Å². The van der Waals surface area contributed by atoms with Gasteiger partial charge in [0, 0.05) is 5.75 Å². The van der Waals surface area contributed by atoms with Crippen molar-refractivity contribution < 1.29 is 19.4 Å². The molecule has 88 valence electrons. The number of hydrogen-bond donors (Lipinski definition) is 2. The van der Waals surface area contributed by atoms with Gasteiger partial charge in [-0.25, -0.2) is 4.79 Å². The van der Waals surface area contributed by atoms with Crippen LogP contribution in [0.25, 0.3) is 0 Å². The summed E-state index contributed by atoms with van der Waals surface area (Å²) >= 11 is 1.58. The molecule has 2 atom stereocenters. The smallest absolute Gasteiger partial charge is 0.404 e. The van der Waals surface area contributed by atoms with Gasteiger partial charge in [-0.15, -0.1) is 0 Å². The van der Waals surface area contributed by atoms with E-state index in [2.05, 4.69) is 5.32 Å². The van der Waals surface area contributed by atoms with Crippen LogP contribution >= 0.6 is 11.8 Å². The quantitative estimate of drug-likeness (QED) is 0.764. The molecular formula is C9H17NO4S. The van der Waals surface area contributed by atoms with E-state index in [1.54, 1.807) is 11.8 Å². The summed E-state index contributed by atoms with van der Waals surface area (Å²) < 4.78 is 11.0. The van der Waals surface area contributed by atoms with Gasteiger partial charge in [0.05, 0.1) is 12.6 Å². The number of nitrogens with one attached hydrogen (secondary N) is 1. The van der Waals surface area contributed by atoms with Crippen LogP contribution in [0.4, 0.5) is 4.79 Å². The largest absolute Gasteiger partial charge is 0.465 e. The third-order valence-electron chi connectivity index (χ3n) is 2.13. The van der Waals surface area contributed by atoms with Crippen molar-refractivity contribution >= 4 is 17.9 Å². The second-order valence-electron chi connectivity index (χ2n) is 3.88. The van der Waals surface area contributed by atoms with Crippen LogP contribution < -0.4 is 5.32 Å². The fourth-order valence-electron chi connectivity index (χ4n) is 1.49. The van der Waals surface area contributed by atoms with Crippen molar-refractivity contribution in [2.45, 2.75) is 31.8 Å². The Balaban J connectivity index is 2.53. The first-order valence-corrected chi connectivity index (χ1v) is 6.14. The number of thioether (sulfide) groups is 1. The summed E-state index contributed by atoms with van der Waals surface area (Å²) in [5, 5.41) is 11.1. The number of carbonyl (C=O) groups is 1. The lowest BCUT2D eigenvalue weighted by Crippen LogP contribution is -2.46. The van der Waals surface area contributed by atoms with E-state index in [1.807, 2.05) is 20.1 Å². The topological polar surface area (TPSA) is 67.8 Å². The predicted molar refractivity (Wildman–Crippen MR) is 58.2 cm³/mol. The van der Waals surface area contributed by atoms with E-state index in [0.29, 0.717) is 12.4 Å². The molecule has 0 radical (unpaired) electrons. The highest BCUT2D eigenvalue weighted by atomic mass is 32.2. The molecule has 0 bridgehead atoms. The van der Waals surface area contributed by atoms with Crippen molar-refractivity contribution in [1.29, 1.82) is 0 Å². The van der Waals surface area contributed by atoms with E-state index >= 15 is 0 Å². The van der Waals surface area contributed by atoms with Crippen molar-refractivity contribution in [2.75, 3.05) is 18.6 Å². The Bertz CT molecular complexity index is 234. The normalized spacial score (nSPS) is 26.2. The maximum Gasteiger partial charge on any atom is 0.404 e. The third-order valence-corrected chi connectivity index (χ3v) is 2.83. The van der Waals surface area contributed by atoms with Crippen LogP contribution in [-0.4, -0.2) is 47.7 Å². The summed E-state index contributed by atoms with van der Waals surface area (Å²) in [6.45, 7) is 4.08. The van der Waals surface area contributed by atoms with Crippen LogP contribution in [0, 0.1) is 0 Å². The van der Waals surface area contributed by atoms with E-state index < -0.39 is 11.9 Å². The van der Waals surface area contributed by atoms with Gasteiger partial charge in [0.15, 0.2) is 5.79 Å². The van der Waals surface area contributed by atoms with Crippen LogP contribution in [0.1, 0.15) is 13.8 Å². The highest BCUT2D eigenvalue weighted by molar-refractivity contribution is 7.98. The summed E-state index contributed by atoms with van der Waals surface area (Å²) in [5.41, 5.74) is 0. The lowest BCUT2D eigenvalue weighted by molar-refractivity contribution is -0.140. The van der Waals surface area contributed by atoms with Crippen molar-refractivity contribution in [2.24, 2.45) is 0 Å². The maximum absolute atomic E-state index is 10.6. The minimum Gasteiger partial charge on any atom is -0.465 e. The van der Waals surface area contributed by atoms with E-state index in [0.717, 1.165) is 0 Å². The van der Waals surface area contributed by atoms with Crippen LogP contribution in [0.15, 0.2) is 0 Å². The second kappa shape index (κ2) is 5.05. The Morgan fingerprint density at radius 1 is 1.73 bits per heavy atom. The summed E-state index contributed by atoms with van der Waals surface area (Å²) in [7, 11) is 0. The summed E-state index contributed by atoms with van der Waals surface area (Å²) in [5.74, 6) is 0.0674. The fraction of sp³-hybridized carbons (Fsp3) is 0.889. The van der Waals surface area contributed by atoms with Gasteiger partial charge < -0.3 is 19.9 Å². The SMILES string of the molecule is CSC[C@@H](NC(=O)O)[C@H]1COC(C)(C)O1. The Morgan fingerprint density at radius 3 is 2.80 bits per heavy atom. The first-order valence-electron chi connectivity index (χ1n) is 4.75. The molecule has 1 heterocycles. The van der Waals surface area contributed by atoms with Gasteiger partial charge in [0.1, 0.15) is 6.10 Å². The second-order valence-corrected chi connectivity index (χ2v) is 4.79. The molecule has 1 saturated heterocycles. The molecule has 0 aromatic carbocycles. The van der Waals surface area contributed by atoms with E-state index in [9.17, 15) is 4.79 Å². The van der Waals surface area contributed by atoms with E-state index in [4.69, 9.17) is 14.6 Å². The fourth-order valence-corrected chi connectivity index (χ4v) is 2.15. The van der Waals surface area contributed by atoms with Crippen molar-refractivity contribution in [1.82, 2.24) is 5.32 Å². The summed E-state index contributed by atoms with van der Waals surface area (Å²) in [4.78, 5) is 10.6. The van der Waals surface area contributed by atoms with Crippen LogP contribution in [0.3, 0.4) is 0 Å². The molecule has 0 aromatic rings. The Kier molecular flexibility index (Phi) is 4.24. The maximum atomic E-state index is 10.6. The molecule has 0 spiro atoms. The molecule has 1 aliphatic rings. The number of carboxylic acid groups (broad SMARTS) is 1. The predicted octanol–water partition coefficient (Wildman–Crippen LogP) is 1.14. The molecule has 0 aliphatic carbocycles. The summed E-state index contributed by atoms with van der Waals surface area (Å²) in [6.07, 6.45) is 0.697. The van der Waals surface area contributed by atoms with Gasteiger partial charge in [0.25, 0.3) is 0 Å². The molecule has 0 saturated carbocycles. The van der Waals surface area contributed by atoms with Gasteiger partial charge in [-0.1, -0.05) is 0 Å². The van der Waals surface area contributed by atoms with Gasteiger partial charge in [-0.2, -0.15) is 11.8 Å². The molecule has 0 unspecified atom stereocenters. The van der Waals surface area contributed by atoms with Gasteiger partial charge >= 0.3 is 6.09 Å². The molecule has 1 aliphatic heterocycles. The zero-order valence-electron chi connectivity index (χ0n) is 9.15. The molecule has 1 rings (SSSR count). The first-order chi connectivity index (χ1) is 6.94. The Hall–Kier alpha value is -0.460. The highest BCUT2D eigenvalue weighted by Crippen LogP contribution is 2.25. The molecule has 1 fully saturated rings. The van der Waals surface area contributed by atoms with Crippen LogP contribution in [0.5, 0.6) is 0 Å². The zero-order chi connectivity index (χ0) is 11.5. The highest BCUT2D eigenvalue weighted by Gasteiger charge is 2.37. The minimum atomic E-state index is -1.03. The van der Waals surface area contributed by atoms with E-state index in [-0.39, 0.29) is 12.1 Å². The molecule has 6 heteroatoms. The third kappa shape index (κ3) is 3.89. The van der Waals surface area contributed by atoms with Crippen molar-refractivity contribution in [3.05, 3.63) is 0 Å². The Morgan fingerprint density at radius 2 is 2.40 bits per heavy atom. The van der Waals surface area contributed by atoms with Gasteiger partial charge in [0.2, 0.25) is 0 Å². The number of ether oxygens (including phenoxy) is 2. The average Bonchev–Trinajstić information content (AvgIpc) is 2.44. The van der Waals surface area contributed by atoms with E-state index in [1.165, 1.54) is 0 Å². The lowest BCUT2D eigenvalue weighted by atomic mass is 10.2. The average molecular weight is 235 g/mol. The summed E-state index contributed by atoms with van der Waals surface area (Å²) in [6, 6.07) is -0.223. The molecule has 15 heavy (non-hydrogen) atoms. The number of amides is 1. The minimum absolute atomic E-state index is 0.205. The van der Waals surface area contributed by atoms with Gasteiger partial charge in [-0.05, 0) is 20.1 Å². The van der Waals surface area contributed by atoms with Crippen molar-refractivity contribution in [3.63, 3.8) is 0 Å². The monoisotopic (exact) mass is 235 g/mol. The van der Waals surface area contributed by atoms with Crippen molar-refractivity contribution in [3.8, 4) is 0 Å². The molecular weight excluding hydrogens is 218 g/mol. The Labute approximate surface area is 93.5 Å². The molecule has 2 N–H and O–H groups in total. The zero-order valence-corrected chi connectivity index (χ0v) is 9.97.